The molecule has 7 heteroatoms. The Morgan fingerprint density at radius 1 is 1.20 bits per heavy atom. The number of benzene rings is 1. The van der Waals surface area contributed by atoms with Crippen molar-refractivity contribution in [1.29, 1.82) is 0 Å². The fourth-order valence-corrected chi connectivity index (χ4v) is 3.30. The summed E-state index contributed by atoms with van der Waals surface area (Å²) in [6.07, 6.45) is -0.784. The van der Waals surface area contributed by atoms with Crippen LogP contribution in [0, 0.1) is 6.92 Å². The Morgan fingerprint density at radius 3 is 2.48 bits per heavy atom. The Hall–Kier alpha value is -1.96. The molecule has 2 aliphatic heterocycles. The fraction of sp³-hybridized carbons (Fsp3) is 0.556. The maximum absolute atomic E-state index is 12.8. The Morgan fingerprint density at radius 2 is 1.84 bits per heavy atom. The fourth-order valence-electron chi connectivity index (χ4n) is 3.30. The molecule has 1 aromatic rings. The predicted octanol–water partition coefficient (Wildman–Crippen LogP) is 0.455. The summed E-state index contributed by atoms with van der Waals surface area (Å²) in [6.45, 7) is 6.85. The smallest absolute Gasteiger partial charge is 0.325 e. The third kappa shape index (κ3) is 3.68. The van der Waals surface area contributed by atoms with E-state index in [0.29, 0.717) is 19.8 Å². The third-order valence-corrected chi connectivity index (χ3v) is 4.87. The summed E-state index contributed by atoms with van der Waals surface area (Å²) in [5.41, 5.74) is 0.729. The number of urea groups is 1. The van der Waals surface area contributed by atoms with E-state index in [1.807, 2.05) is 31.2 Å². The molecule has 3 rings (SSSR count). The first kappa shape index (κ1) is 17.8. The maximum Gasteiger partial charge on any atom is 0.325 e. The second kappa shape index (κ2) is 7.11. The van der Waals surface area contributed by atoms with Gasteiger partial charge in [-0.05, 0) is 19.4 Å². The van der Waals surface area contributed by atoms with Crippen molar-refractivity contribution in [2.75, 3.05) is 39.4 Å². The van der Waals surface area contributed by atoms with Gasteiger partial charge in [0.05, 0.1) is 25.9 Å². The van der Waals surface area contributed by atoms with Crippen molar-refractivity contribution in [1.82, 2.24) is 15.1 Å². The van der Waals surface area contributed by atoms with Crippen LogP contribution in [0.2, 0.25) is 0 Å². The topological polar surface area (TPSA) is 82.1 Å². The molecule has 25 heavy (non-hydrogen) atoms. The van der Waals surface area contributed by atoms with Crippen LogP contribution in [0.1, 0.15) is 18.1 Å². The lowest BCUT2D eigenvalue weighted by molar-refractivity contribution is -0.132. The number of nitrogens with zero attached hydrogens (tertiary/aromatic N) is 2. The summed E-state index contributed by atoms with van der Waals surface area (Å²) in [7, 11) is 0. The number of aliphatic hydroxyl groups is 1. The summed E-state index contributed by atoms with van der Waals surface area (Å²) < 4.78 is 5.28. The molecule has 2 fully saturated rings. The van der Waals surface area contributed by atoms with E-state index in [2.05, 4.69) is 10.2 Å². The Labute approximate surface area is 147 Å². The highest BCUT2D eigenvalue weighted by molar-refractivity contribution is 6.07. The number of aryl methyl sites for hydroxylation is 1. The highest BCUT2D eigenvalue weighted by atomic mass is 16.5. The number of carbonyl (C=O) groups excluding carboxylic acids is 2. The van der Waals surface area contributed by atoms with E-state index in [1.54, 1.807) is 6.92 Å². The van der Waals surface area contributed by atoms with Gasteiger partial charge in [-0.1, -0.05) is 29.8 Å². The number of rotatable bonds is 5. The monoisotopic (exact) mass is 347 g/mol. The number of carbonyl (C=O) groups is 2. The van der Waals surface area contributed by atoms with Crippen LogP contribution in [0.3, 0.4) is 0 Å². The zero-order chi connectivity index (χ0) is 18.0. The van der Waals surface area contributed by atoms with Crippen LogP contribution in [0.5, 0.6) is 0 Å². The highest BCUT2D eigenvalue weighted by Gasteiger charge is 2.49. The molecule has 0 unspecified atom stereocenters. The van der Waals surface area contributed by atoms with Gasteiger partial charge in [0.15, 0.2) is 0 Å². The molecule has 1 aromatic carbocycles. The van der Waals surface area contributed by atoms with Crippen LogP contribution in [0.4, 0.5) is 4.79 Å². The SMILES string of the molecule is Cc1ccc([C@]2(C)NC(=O)N(C[C@@H](O)CN3CCOCC3)C2=O)cc1. The van der Waals surface area contributed by atoms with E-state index in [9.17, 15) is 14.7 Å². The minimum absolute atomic E-state index is 0.0104. The molecule has 0 aromatic heterocycles. The quantitative estimate of drug-likeness (QED) is 0.756. The van der Waals surface area contributed by atoms with Gasteiger partial charge in [0, 0.05) is 19.6 Å². The zero-order valence-corrected chi connectivity index (χ0v) is 14.7. The summed E-state index contributed by atoms with van der Waals surface area (Å²) in [4.78, 5) is 28.4. The second-order valence-corrected chi connectivity index (χ2v) is 6.90. The largest absolute Gasteiger partial charge is 0.390 e. The zero-order valence-electron chi connectivity index (χ0n) is 14.7. The molecule has 3 amide bonds. The number of β-amino-alcohol motifs (C(OH)–C–C–N with tert-alkyl or cyclic N) is 1. The van der Waals surface area contributed by atoms with E-state index in [-0.39, 0.29) is 12.5 Å². The number of hydrogen-bond donors (Lipinski definition) is 2. The van der Waals surface area contributed by atoms with Crippen LogP contribution >= 0.6 is 0 Å². The Balaban J connectivity index is 1.67. The molecule has 2 aliphatic rings. The standard InChI is InChI=1S/C18H25N3O4/c1-13-3-5-14(6-4-13)18(2)16(23)21(17(24)19-18)12-15(22)11-20-7-9-25-10-8-20/h3-6,15,22H,7-12H2,1-2H3,(H,19,24)/t15-,18-/m0/s1. The first-order valence-electron chi connectivity index (χ1n) is 8.59. The van der Waals surface area contributed by atoms with Gasteiger partial charge in [-0.15, -0.1) is 0 Å². The molecule has 0 radical (unpaired) electrons. The normalized spacial score (nSPS) is 26.0. The summed E-state index contributed by atoms with van der Waals surface area (Å²) in [5, 5.41) is 13.1. The highest BCUT2D eigenvalue weighted by Crippen LogP contribution is 2.29. The van der Waals surface area contributed by atoms with E-state index in [4.69, 9.17) is 4.74 Å². The van der Waals surface area contributed by atoms with Gasteiger partial charge in [-0.2, -0.15) is 0 Å². The van der Waals surface area contributed by atoms with Gasteiger partial charge in [0.1, 0.15) is 5.54 Å². The predicted molar refractivity (Wildman–Crippen MR) is 92.0 cm³/mol. The molecular weight excluding hydrogens is 322 g/mol. The van der Waals surface area contributed by atoms with Crippen molar-refractivity contribution < 1.29 is 19.4 Å². The average Bonchev–Trinajstić information content (AvgIpc) is 2.80. The average molecular weight is 347 g/mol. The van der Waals surface area contributed by atoms with Crippen molar-refractivity contribution >= 4 is 11.9 Å². The summed E-state index contributed by atoms with van der Waals surface area (Å²) in [5.74, 6) is -0.331. The molecule has 0 bridgehead atoms. The van der Waals surface area contributed by atoms with E-state index < -0.39 is 17.7 Å². The van der Waals surface area contributed by atoms with E-state index in [0.717, 1.165) is 29.1 Å². The number of morpholine rings is 1. The van der Waals surface area contributed by atoms with Crippen LogP contribution in [-0.4, -0.2) is 72.3 Å². The molecule has 7 nitrogen and oxygen atoms in total. The third-order valence-electron chi connectivity index (χ3n) is 4.87. The van der Waals surface area contributed by atoms with Gasteiger partial charge in [-0.25, -0.2) is 4.79 Å². The lowest BCUT2D eigenvalue weighted by Gasteiger charge is -2.29. The van der Waals surface area contributed by atoms with Crippen molar-refractivity contribution in [3.63, 3.8) is 0 Å². The molecule has 2 atom stereocenters. The Bertz CT molecular complexity index is 642. The lowest BCUT2D eigenvalue weighted by atomic mass is 9.91. The van der Waals surface area contributed by atoms with Crippen molar-refractivity contribution in [2.24, 2.45) is 0 Å². The van der Waals surface area contributed by atoms with Crippen molar-refractivity contribution in [3.05, 3.63) is 35.4 Å². The van der Waals surface area contributed by atoms with Crippen LogP contribution < -0.4 is 5.32 Å². The van der Waals surface area contributed by atoms with Crippen LogP contribution in [0.25, 0.3) is 0 Å². The van der Waals surface area contributed by atoms with E-state index in [1.165, 1.54) is 0 Å². The number of amides is 3. The Kier molecular flexibility index (Phi) is 5.08. The number of imide groups is 1. The first-order valence-corrected chi connectivity index (χ1v) is 8.59. The van der Waals surface area contributed by atoms with Crippen LogP contribution in [0.15, 0.2) is 24.3 Å². The lowest BCUT2D eigenvalue weighted by Crippen LogP contribution is -2.46. The molecule has 2 heterocycles. The molecule has 0 spiro atoms. The molecule has 0 saturated carbocycles. The number of nitrogens with one attached hydrogen (secondary N) is 1. The summed E-state index contributed by atoms with van der Waals surface area (Å²) >= 11 is 0. The molecule has 0 aliphatic carbocycles. The van der Waals surface area contributed by atoms with E-state index >= 15 is 0 Å². The number of hydrogen-bond acceptors (Lipinski definition) is 5. The van der Waals surface area contributed by atoms with Crippen molar-refractivity contribution in [3.8, 4) is 0 Å². The molecule has 2 N–H and O–H groups in total. The molecule has 136 valence electrons. The van der Waals surface area contributed by atoms with Gasteiger partial charge >= 0.3 is 6.03 Å². The minimum Gasteiger partial charge on any atom is -0.390 e. The van der Waals surface area contributed by atoms with Gasteiger partial charge in [-0.3, -0.25) is 14.6 Å². The van der Waals surface area contributed by atoms with Crippen molar-refractivity contribution in [2.45, 2.75) is 25.5 Å². The van der Waals surface area contributed by atoms with Gasteiger partial charge in [0.25, 0.3) is 5.91 Å². The number of aliphatic hydroxyl groups excluding tert-OH is 1. The molecular formula is C18H25N3O4. The van der Waals surface area contributed by atoms with Gasteiger partial charge < -0.3 is 15.2 Å². The second-order valence-electron chi connectivity index (χ2n) is 6.90. The minimum atomic E-state index is -1.09. The maximum atomic E-state index is 12.8. The molecule has 2 saturated heterocycles. The number of ether oxygens (including phenoxy) is 1. The van der Waals surface area contributed by atoms with Crippen LogP contribution in [-0.2, 0) is 15.1 Å². The van der Waals surface area contributed by atoms with Gasteiger partial charge in [0.2, 0.25) is 0 Å². The summed E-state index contributed by atoms with van der Waals surface area (Å²) in [6, 6.07) is 7.06. The first-order chi connectivity index (χ1) is 11.9.